The summed E-state index contributed by atoms with van der Waals surface area (Å²) >= 11 is 0. The standard InChI is InChI=1S/C17H20N6O4S/c1-23(28(25,26)27)12-7-11(8-13(12)24)20-16-14-17(19-9-18-16)22-15(21-14)10-5-3-2-4-6-10/h2-6,9,11-13,24H,7-8H2,1H3,(H,25,26,27)(H2,18,19,20,21,22)/t11-,12+,13+/m1/s1. The van der Waals surface area contributed by atoms with Crippen LogP contribution in [0.4, 0.5) is 5.82 Å². The number of aliphatic hydroxyl groups is 1. The lowest BCUT2D eigenvalue weighted by Crippen LogP contribution is -2.41. The SMILES string of the molecule is CN([C@H]1C[C@@H](Nc2ncnc3nc(-c4ccccc4)[nH]c23)C[C@@H]1O)S(=O)(=O)O. The van der Waals surface area contributed by atoms with E-state index in [-0.39, 0.29) is 6.04 Å². The van der Waals surface area contributed by atoms with Crippen LogP contribution in [0.3, 0.4) is 0 Å². The average molecular weight is 404 g/mol. The molecule has 4 rings (SSSR count). The van der Waals surface area contributed by atoms with Crippen LogP contribution >= 0.6 is 0 Å². The molecule has 11 heteroatoms. The average Bonchev–Trinajstić information content (AvgIpc) is 3.25. The number of aromatic nitrogens is 4. The zero-order chi connectivity index (χ0) is 19.9. The summed E-state index contributed by atoms with van der Waals surface area (Å²) in [6.45, 7) is 0. The molecule has 0 spiro atoms. The van der Waals surface area contributed by atoms with E-state index in [4.69, 9.17) is 0 Å². The molecule has 2 heterocycles. The van der Waals surface area contributed by atoms with Crippen molar-refractivity contribution in [2.24, 2.45) is 0 Å². The topological polar surface area (TPSA) is 144 Å². The van der Waals surface area contributed by atoms with Gasteiger partial charge in [-0.25, -0.2) is 15.0 Å². The predicted molar refractivity (Wildman–Crippen MR) is 103 cm³/mol. The normalized spacial score (nSPS) is 22.8. The Balaban J connectivity index is 1.58. The number of likely N-dealkylation sites (N-methyl/N-ethyl adjacent to an activating group) is 1. The van der Waals surface area contributed by atoms with Crippen molar-refractivity contribution in [1.29, 1.82) is 0 Å². The molecule has 0 unspecified atom stereocenters. The second-order valence-corrected chi connectivity index (χ2v) is 8.29. The van der Waals surface area contributed by atoms with Gasteiger partial charge in [0.15, 0.2) is 11.5 Å². The van der Waals surface area contributed by atoms with Crippen LogP contribution in [0, 0.1) is 0 Å². The Morgan fingerprint density at radius 1 is 1.21 bits per heavy atom. The summed E-state index contributed by atoms with van der Waals surface area (Å²) in [5.74, 6) is 1.18. The molecule has 3 atom stereocenters. The van der Waals surface area contributed by atoms with Crippen molar-refractivity contribution in [3.05, 3.63) is 36.7 Å². The predicted octanol–water partition coefficient (Wildman–Crippen LogP) is 1.06. The molecule has 2 aromatic heterocycles. The molecular formula is C17H20N6O4S. The molecule has 10 nitrogen and oxygen atoms in total. The summed E-state index contributed by atoms with van der Waals surface area (Å²) in [4.78, 5) is 16.2. The number of H-pyrrole nitrogens is 1. The van der Waals surface area contributed by atoms with Gasteiger partial charge in [-0.2, -0.15) is 12.7 Å². The first-order valence-electron chi connectivity index (χ1n) is 8.74. The number of benzene rings is 1. The van der Waals surface area contributed by atoms with Crippen LogP contribution < -0.4 is 5.32 Å². The van der Waals surface area contributed by atoms with E-state index in [1.54, 1.807) is 0 Å². The Bertz CT molecular complexity index is 1090. The second kappa shape index (κ2) is 7.09. The van der Waals surface area contributed by atoms with E-state index in [1.165, 1.54) is 13.4 Å². The van der Waals surface area contributed by atoms with E-state index in [1.807, 2.05) is 30.3 Å². The molecule has 0 amide bonds. The molecule has 3 aromatic rings. The molecule has 0 radical (unpaired) electrons. The van der Waals surface area contributed by atoms with E-state index in [0.717, 1.165) is 9.87 Å². The Morgan fingerprint density at radius 2 is 1.96 bits per heavy atom. The fraction of sp³-hybridized carbons (Fsp3) is 0.353. The van der Waals surface area contributed by atoms with Crippen molar-refractivity contribution in [2.45, 2.75) is 31.0 Å². The highest BCUT2D eigenvalue weighted by molar-refractivity contribution is 7.83. The first-order chi connectivity index (χ1) is 13.3. The highest BCUT2D eigenvalue weighted by atomic mass is 32.2. The number of rotatable bonds is 5. The molecule has 148 valence electrons. The van der Waals surface area contributed by atoms with Crippen LogP contribution in [-0.2, 0) is 10.3 Å². The van der Waals surface area contributed by atoms with Crippen molar-refractivity contribution >= 4 is 27.3 Å². The molecule has 1 saturated carbocycles. The molecule has 28 heavy (non-hydrogen) atoms. The van der Waals surface area contributed by atoms with E-state index >= 15 is 0 Å². The first kappa shape index (κ1) is 18.7. The molecule has 4 N–H and O–H groups in total. The van der Waals surface area contributed by atoms with Crippen molar-refractivity contribution in [3.8, 4) is 11.4 Å². The van der Waals surface area contributed by atoms with Gasteiger partial charge in [0, 0.05) is 18.7 Å². The van der Waals surface area contributed by atoms with E-state index in [2.05, 4.69) is 25.3 Å². The van der Waals surface area contributed by atoms with Gasteiger partial charge < -0.3 is 15.4 Å². The Kier molecular flexibility index (Phi) is 4.75. The Hall–Kier alpha value is -2.60. The minimum Gasteiger partial charge on any atom is -0.391 e. The number of nitrogens with zero attached hydrogens (tertiary/aromatic N) is 4. The lowest BCUT2D eigenvalue weighted by molar-refractivity contribution is 0.118. The number of anilines is 1. The fourth-order valence-corrected chi connectivity index (χ4v) is 4.11. The van der Waals surface area contributed by atoms with Crippen molar-refractivity contribution in [2.75, 3.05) is 12.4 Å². The maximum atomic E-state index is 11.4. The largest absolute Gasteiger partial charge is 0.391 e. The number of hydrogen-bond acceptors (Lipinski definition) is 7. The fourth-order valence-electron chi connectivity index (χ4n) is 3.54. The third-order valence-corrected chi connectivity index (χ3v) is 6.00. The second-order valence-electron chi connectivity index (χ2n) is 6.81. The van der Waals surface area contributed by atoms with Gasteiger partial charge in [-0.15, -0.1) is 0 Å². The van der Waals surface area contributed by atoms with Gasteiger partial charge in [0.1, 0.15) is 17.7 Å². The molecule has 1 aliphatic carbocycles. The van der Waals surface area contributed by atoms with Crippen LogP contribution in [0.2, 0.25) is 0 Å². The van der Waals surface area contributed by atoms with Gasteiger partial charge in [-0.1, -0.05) is 30.3 Å². The van der Waals surface area contributed by atoms with Gasteiger partial charge >= 0.3 is 10.3 Å². The molecule has 1 fully saturated rings. The van der Waals surface area contributed by atoms with Crippen LogP contribution in [0.25, 0.3) is 22.6 Å². The monoisotopic (exact) mass is 404 g/mol. The zero-order valence-electron chi connectivity index (χ0n) is 15.0. The van der Waals surface area contributed by atoms with Crippen molar-refractivity contribution < 1.29 is 18.1 Å². The molecule has 1 aromatic carbocycles. The van der Waals surface area contributed by atoms with Crippen LogP contribution in [0.5, 0.6) is 0 Å². The first-order valence-corrected chi connectivity index (χ1v) is 10.1. The number of imidazole rings is 1. The number of hydrogen-bond donors (Lipinski definition) is 4. The number of fused-ring (bicyclic) bond motifs is 1. The van der Waals surface area contributed by atoms with Crippen molar-refractivity contribution in [1.82, 2.24) is 24.2 Å². The summed E-state index contributed by atoms with van der Waals surface area (Å²) in [5.41, 5.74) is 2.04. The van der Waals surface area contributed by atoms with Crippen LogP contribution in [-0.4, -0.2) is 67.6 Å². The summed E-state index contributed by atoms with van der Waals surface area (Å²) in [6.07, 6.45) is 1.13. The minimum atomic E-state index is -4.37. The Labute approximate surface area is 161 Å². The van der Waals surface area contributed by atoms with Gasteiger partial charge in [-0.05, 0) is 12.8 Å². The van der Waals surface area contributed by atoms with Gasteiger partial charge in [0.2, 0.25) is 0 Å². The highest BCUT2D eigenvalue weighted by Crippen LogP contribution is 2.29. The molecule has 0 aliphatic heterocycles. The lowest BCUT2D eigenvalue weighted by atomic mass is 10.2. The summed E-state index contributed by atoms with van der Waals surface area (Å²) in [6, 6.07) is 8.67. The third-order valence-electron chi connectivity index (χ3n) is 5.00. The third kappa shape index (κ3) is 3.56. The van der Waals surface area contributed by atoms with Crippen molar-refractivity contribution in [3.63, 3.8) is 0 Å². The molecular weight excluding hydrogens is 384 g/mol. The smallest absolute Gasteiger partial charge is 0.335 e. The number of aromatic amines is 1. The summed E-state index contributed by atoms with van der Waals surface area (Å²) in [7, 11) is -3.13. The minimum absolute atomic E-state index is 0.231. The van der Waals surface area contributed by atoms with Gasteiger partial charge in [0.05, 0.1) is 12.1 Å². The lowest BCUT2D eigenvalue weighted by Gasteiger charge is -2.23. The van der Waals surface area contributed by atoms with Crippen LogP contribution in [0.1, 0.15) is 12.8 Å². The molecule has 1 aliphatic rings. The quantitative estimate of drug-likeness (QED) is 0.462. The zero-order valence-corrected chi connectivity index (χ0v) is 15.8. The van der Waals surface area contributed by atoms with E-state index < -0.39 is 22.4 Å². The Morgan fingerprint density at radius 3 is 2.68 bits per heavy atom. The van der Waals surface area contributed by atoms with Gasteiger partial charge in [-0.3, -0.25) is 4.55 Å². The van der Waals surface area contributed by atoms with E-state index in [9.17, 15) is 18.1 Å². The summed E-state index contributed by atoms with van der Waals surface area (Å²) < 4.78 is 32.7. The number of nitrogens with one attached hydrogen (secondary N) is 2. The highest BCUT2D eigenvalue weighted by Gasteiger charge is 2.39. The molecule has 0 saturated heterocycles. The summed E-state index contributed by atoms with van der Waals surface area (Å²) in [5, 5.41) is 13.5. The van der Waals surface area contributed by atoms with Gasteiger partial charge in [0.25, 0.3) is 0 Å². The molecule has 0 bridgehead atoms. The van der Waals surface area contributed by atoms with Crippen LogP contribution in [0.15, 0.2) is 36.7 Å². The maximum Gasteiger partial charge on any atom is 0.335 e. The maximum absolute atomic E-state index is 11.4. The van der Waals surface area contributed by atoms with E-state index in [0.29, 0.717) is 35.6 Å². The number of aliphatic hydroxyl groups excluding tert-OH is 1.